The van der Waals surface area contributed by atoms with Gasteiger partial charge in [-0.15, -0.1) is 0 Å². The number of nitrogens with zero attached hydrogens (tertiary/aromatic N) is 1. The summed E-state index contributed by atoms with van der Waals surface area (Å²) in [5, 5.41) is 5.45. The number of hydrogen-bond acceptors (Lipinski definition) is 5. The van der Waals surface area contributed by atoms with E-state index in [4.69, 9.17) is 9.47 Å². The first-order valence-electron chi connectivity index (χ1n) is 8.95. The van der Waals surface area contributed by atoms with E-state index >= 15 is 0 Å². The second-order valence-electron chi connectivity index (χ2n) is 7.96. The molecule has 8 nitrogen and oxygen atoms in total. The van der Waals surface area contributed by atoms with Crippen LogP contribution in [0.4, 0.5) is 4.79 Å². The lowest BCUT2D eigenvalue weighted by Crippen LogP contribution is -2.48. The van der Waals surface area contributed by atoms with Crippen LogP contribution < -0.4 is 20.1 Å². The van der Waals surface area contributed by atoms with E-state index in [2.05, 4.69) is 10.6 Å². The summed E-state index contributed by atoms with van der Waals surface area (Å²) < 4.78 is 11.3. The molecule has 0 aliphatic carbocycles. The molecule has 1 fully saturated rings. The molecule has 2 aliphatic rings. The molecule has 3 rings (SSSR count). The van der Waals surface area contributed by atoms with Crippen molar-refractivity contribution in [2.75, 3.05) is 19.8 Å². The number of rotatable bonds is 3. The maximum Gasteiger partial charge on any atom is 0.325 e. The fourth-order valence-electron chi connectivity index (χ4n) is 3.11. The van der Waals surface area contributed by atoms with Gasteiger partial charge in [0.1, 0.15) is 12.1 Å². The molecule has 146 valence electrons. The van der Waals surface area contributed by atoms with Crippen LogP contribution in [0.5, 0.6) is 11.5 Å². The summed E-state index contributed by atoms with van der Waals surface area (Å²) in [6.07, 6.45) is 0.771. The van der Waals surface area contributed by atoms with Crippen LogP contribution in [0.15, 0.2) is 18.2 Å². The molecule has 8 heteroatoms. The lowest BCUT2D eigenvalue weighted by molar-refractivity contribution is -0.135. The highest BCUT2D eigenvalue weighted by Gasteiger charge is 2.49. The van der Waals surface area contributed by atoms with Gasteiger partial charge in [0, 0.05) is 12.0 Å². The third-order valence-electron chi connectivity index (χ3n) is 4.42. The number of fused-ring (bicyclic) bond motifs is 1. The number of amides is 4. The fraction of sp³-hybridized carbons (Fsp3) is 0.526. The van der Waals surface area contributed by atoms with Crippen molar-refractivity contribution < 1.29 is 23.9 Å². The molecule has 4 amide bonds. The van der Waals surface area contributed by atoms with Crippen molar-refractivity contribution in [3.63, 3.8) is 0 Å². The van der Waals surface area contributed by atoms with Crippen molar-refractivity contribution >= 4 is 17.8 Å². The van der Waals surface area contributed by atoms with Crippen LogP contribution in [0.25, 0.3) is 0 Å². The summed E-state index contributed by atoms with van der Waals surface area (Å²) in [6.45, 7) is 7.87. The molecule has 1 atom stereocenters. The van der Waals surface area contributed by atoms with Crippen LogP contribution in [0, 0.1) is 0 Å². The smallest absolute Gasteiger partial charge is 0.325 e. The summed E-state index contributed by atoms with van der Waals surface area (Å²) >= 11 is 0. The molecule has 1 saturated heterocycles. The lowest BCUT2D eigenvalue weighted by atomic mass is 9.91. The van der Waals surface area contributed by atoms with Crippen LogP contribution in [0.2, 0.25) is 0 Å². The van der Waals surface area contributed by atoms with Crippen molar-refractivity contribution in [1.82, 2.24) is 15.5 Å². The predicted molar refractivity (Wildman–Crippen MR) is 97.5 cm³/mol. The Morgan fingerprint density at radius 1 is 1.22 bits per heavy atom. The van der Waals surface area contributed by atoms with Crippen molar-refractivity contribution in [2.24, 2.45) is 0 Å². The molecule has 0 radical (unpaired) electrons. The first kappa shape index (κ1) is 19.0. The zero-order valence-electron chi connectivity index (χ0n) is 16.0. The molecule has 0 spiro atoms. The standard InChI is InChI=1S/C19H25N3O5/c1-18(2,3)20-15(23)11-22-16(24)19(4,21-17(22)25)12-6-7-13-14(10-12)27-9-5-8-26-13/h6-7,10H,5,8-9,11H2,1-4H3,(H,20,23)(H,21,25)/t19-/m1/s1. The predicted octanol–water partition coefficient (Wildman–Crippen LogP) is 1.53. The SMILES string of the molecule is CC(C)(C)NC(=O)CN1C(=O)N[C@](C)(c2ccc3c(c2)OCCCO3)C1=O. The summed E-state index contributed by atoms with van der Waals surface area (Å²) in [5.41, 5.74) is -1.15. The fourth-order valence-corrected chi connectivity index (χ4v) is 3.11. The molecule has 27 heavy (non-hydrogen) atoms. The highest BCUT2D eigenvalue weighted by atomic mass is 16.5. The average Bonchev–Trinajstić information content (AvgIpc) is 2.74. The van der Waals surface area contributed by atoms with Gasteiger partial charge >= 0.3 is 6.03 Å². The lowest BCUT2D eigenvalue weighted by Gasteiger charge is -2.24. The highest BCUT2D eigenvalue weighted by Crippen LogP contribution is 2.36. The van der Waals surface area contributed by atoms with E-state index < -0.39 is 28.9 Å². The quantitative estimate of drug-likeness (QED) is 0.781. The van der Waals surface area contributed by atoms with Gasteiger partial charge in [-0.3, -0.25) is 14.5 Å². The molecule has 2 heterocycles. The molecule has 0 unspecified atom stereocenters. The Kier molecular flexibility index (Phi) is 4.75. The number of nitrogens with one attached hydrogen (secondary N) is 2. The number of ether oxygens (including phenoxy) is 2. The van der Waals surface area contributed by atoms with E-state index in [0.29, 0.717) is 30.3 Å². The van der Waals surface area contributed by atoms with E-state index in [1.165, 1.54) is 0 Å². The Morgan fingerprint density at radius 3 is 2.56 bits per heavy atom. The molecular formula is C19H25N3O5. The monoisotopic (exact) mass is 375 g/mol. The number of hydrogen-bond donors (Lipinski definition) is 2. The summed E-state index contributed by atoms with van der Waals surface area (Å²) in [5.74, 6) is 0.273. The van der Waals surface area contributed by atoms with Gasteiger partial charge in [0.05, 0.1) is 13.2 Å². The van der Waals surface area contributed by atoms with Crippen LogP contribution in [-0.4, -0.2) is 48.0 Å². The molecule has 2 N–H and O–H groups in total. The second-order valence-corrected chi connectivity index (χ2v) is 7.96. The van der Waals surface area contributed by atoms with Crippen molar-refractivity contribution in [3.05, 3.63) is 23.8 Å². The minimum Gasteiger partial charge on any atom is -0.490 e. The zero-order chi connectivity index (χ0) is 19.8. The second kappa shape index (κ2) is 6.75. The van der Waals surface area contributed by atoms with E-state index in [-0.39, 0.29) is 6.54 Å². The normalized spacial score (nSPS) is 22.3. The zero-order valence-corrected chi connectivity index (χ0v) is 16.0. The Labute approximate surface area is 158 Å². The Bertz CT molecular complexity index is 786. The van der Waals surface area contributed by atoms with E-state index in [9.17, 15) is 14.4 Å². The van der Waals surface area contributed by atoms with Crippen molar-refractivity contribution in [1.29, 1.82) is 0 Å². The number of urea groups is 1. The Balaban J connectivity index is 1.82. The van der Waals surface area contributed by atoms with Crippen LogP contribution in [0.3, 0.4) is 0 Å². The van der Waals surface area contributed by atoms with Crippen molar-refractivity contribution in [2.45, 2.75) is 45.2 Å². The average molecular weight is 375 g/mol. The van der Waals surface area contributed by atoms with Crippen LogP contribution >= 0.6 is 0 Å². The minimum atomic E-state index is -1.27. The number of carbonyl (C=O) groups excluding carboxylic acids is 3. The van der Waals surface area contributed by atoms with E-state index in [1.807, 2.05) is 20.8 Å². The molecule has 0 bridgehead atoms. The highest BCUT2D eigenvalue weighted by molar-refractivity contribution is 6.09. The Hall–Kier alpha value is -2.77. The van der Waals surface area contributed by atoms with E-state index in [1.54, 1.807) is 25.1 Å². The molecule has 1 aromatic rings. The van der Waals surface area contributed by atoms with Gasteiger partial charge in [0.25, 0.3) is 5.91 Å². The number of carbonyl (C=O) groups is 3. The maximum absolute atomic E-state index is 13.0. The summed E-state index contributed by atoms with van der Waals surface area (Å²) in [7, 11) is 0. The van der Waals surface area contributed by atoms with E-state index in [0.717, 1.165) is 11.3 Å². The van der Waals surface area contributed by atoms with Gasteiger partial charge in [-0.05, 0) is 45.4 Å². The topological polar surface area (TPSA) is 97.0 Å². The number of imide groups is 1. The molecule has 0 saturated carbocycles. The molecular weight excluding hydrogens is 350 g/mol. The first-order chi connectivity index (χ1) is 12.6. The number of benzene rings is 1. The van der Waals surface area contributed by atoms with Crippen LogP contribution in [-0.2, 0) is 15.1 Å². The van der Waals surface area contributed by atoms with Crippen molar-refractivity contribution in [3.8, 4) is 11.5 Å². The van der Waals surface area contributed by atoms with Gasteiger partial charge in [0.2, 0.25) is 5.91 Å². The van der Waals surface area contributed by atoms with Gasteiger partial charge < -0.3 is 20.1 Å². The van der Waals surface area contributed by atoms with Gasteiger partial charge in [-0.2, -0.15) is 0 Å². The molecule has 1 aromatic carbocycles. The van der Waals surface area contributed by atoms with Gasteiger partial charge in [0.15, 0.2) is 11.5 Å². The van der Waals surface area contributed by atoms with Gasteiger partial charge in [-0.25, -0.2) is 4.79 Å². The summed E-state index contributed by atoms with van der Waals surface area (Å²) in [4.78, 5) is 38.4. The van der Waals surface area contributed by atoms with Gasteiger partial charge in [-0.1, -0.05) is 6.07 Å². The molecule has 2 aliphatic heterocycles. The maximum atomic E-state index is 13.0. The largest absolute Gasteiger partial charge is 0.490 e. The summed E-state index contributed by atoms with van der Waals surface area (Å²) in [6, 6.07) is 4.57. The molecule has 0 aromatic heterocycles. The minimum absolute atomic E-state index is 0.331. The Morgan fingerprint density at radius 2 is 1.89 bits per heavy atom. The third-order valence-corrected chi connectivity index (χ3v) is 4.42. The van der Waals surface area contributed by atoms with Crippen LogP contribution in [0.1, 0.15) is 39.7 Å². The first-order valence-corrected chi connectivity index (χ1v) is 8.95. The third kappa shape index (κ3) is 3.84.